The maximum Gasteiger partial charge on any atom is 0.210 e. The second kappa shape index (κ2) is 8.96. The molecule has 0 heterocycles. The van der Waals surface area contributed by atoms with Crippen LogP contribution in [0, 0.1) is 0 Å². The van der Waals surface area contributed by atoms with Crippen LogP contribution in [0.15, 0.2) is 29.4 Å². The summed E-state index contributed by atoms with van der Waals surface area (Å²) in [5.74, 6) is 0.0864. The summed E-state index contributed by atoms with van der Waals surface area (Å²) in [6, 6.07) is 7.33. The molecule has 1 rings (SSSR count). The molecule has 1 aromatic rings. The number of unbranched alkanes of at least 4 members (excludes halogenated alkanes) is 3. The van der Waals surface area contributed by atoms with Gasteiger partial charge in [-0.2, -0.15) is 0 Å². The van der Waals surface area contributed by atoms with Gasteiger partial charge in [0.25, 0.3) is 0 Å². The van der Waals surface area contributed by atoms with E-state index in [1.54, 1.807) is 17.0 Å². The molecule has 20 heavy (non-hydrogen) atoms. The van der Waals surface area contributed by atoms with Gasteiger partial charge in [0.1, 0.15) is 0 Å². The topological polar surface area (TPSA) is 78.9 Å². The van der Waals surface area contributed by atoms with Crippen molar-refractivity contribution in [2.75, 3.05) is 6.54 Å². The molecular weight excluding hydrogens is 254 g/mol. The quantitative estimate of drug-likeness (QED) is 0.181. The second-order valence-corrected chi connectivity index (χ2v) is 4.82. The van der Waals surface area contributed by atoms with Gasteiger partial charge in [-0.1, -0.05) is 55.6 Å². The molecule has 3 N–H and O–H groups in total. The van der Waals surface area contributed by atoms with Crippen LogP contribution in [0.3, 0.4) is 0 Å². The van der Waals surface area contributed by atoms with Gasteiger partial charge in [0.05, 0.1) is 0 Å². The maximum absolute atomic E-state index is 11.0. The van der Waals surface area contributed by atoms with Crippen molar-refractivity contribution >= 4 is 12.2 Å². The van der Waals surface area contributed by atoms with Crippen molar-refractivity contribution in [2.24, 2.45) is 10.9 Å². The SMILES string of the molecule is CCCCCCN(C=O)Cc1ccc(C(N)=NO)cc1. The van der Waals surface area contributed by atoms with Gasteiger partial charge in [-0.05, 0) is 12.0 Å². The first-order valence-electron chi connectivity index (χ1n) is 6.97. The van der Waals surface area contributed by atoms with Crippen molar-refractivity contribution in [3.63, 3.8) is 0 Å². The van der Waals surface area contributed by atoms with Crippen molar-refractivity contribution in [3.8, 4) is 0 Å². The molecule has 1 amide bonds. The van der Waals surface area contributed by atoms with Crippen LogP contribution in [0.1, 0.15) is 43.7 Å². The number of carbonyl (C=O) groups is 1. The highest BCUT2D eigenvalue weighted by atomic mass is 16.4. The molecule has 1 aromatic carbocycles. The summed E-state index contributed by atoms with van der Waals surface area (Å²) in [5, 5.41) is 11.5. The Bertz CT molecular complexity index is 429. The Kier molecular flexibility index (Phi) is 7.17. The lowest BCUT2D eigenvalue weighted by atomic mass is 10.1. The molecule has 110 valence electrons. The van der Waals surface area contributed by atoms with E-state index in [-0.39, 0.29) is 5.84 Å². The monoisotopic (exact) mass is 277 g/mol. The fraction of sp³-hybridized carbons (Fsp3) is 0.467. The average molecular weight is 277 g/mol. The fourth-order valence-electron chi connectivity index (χ4n) is 1.98. The van der Waals surface area contributed by atoms with E-state index in [0.717, 1.165) is 31.4 Å². The van der Waals surface area contributed by atoms with Crippen LogP contribution in [-0.2, 0) is 11.3 Å². The lowest BCUT2D eigenvalue weighted by molar-refractivity contribution is -0.118. The van der Waals surface area contributed by atoms with Gasteiger partial charge in [0.2, 0.25) is 6.41 Å². The summed E-state index contributed by atoms with van der Waals surface area (Å²) in [7, 11) is 0. The summed E-state index contributed by atoms with van der Waals surface area (Å²) in [5.41, 5.74) is 7.19. The van der Waals surface area contributed by atoms with Gasteiger partial charge in [0, 0.05) is 18.7 Å². The van der Waals surface area contributed by atoms with Crippen LogP contribution in [0.5, 0.6) is 0 Å². The van der Waals surface area contributed by atoms with Crippen LogP contribution in [0.25, 0.3) is 0 Å². The van der Waals surface area contributed by atoms with Gasteiger partial charge in [-0.3, -0.25) is 4.79 Å². The number of hydrogen-bond donors (Lipinski definition) is 2. The Morgan fingerprint density at radius 2 is 2.00 bits per heavy atom. The summed E-state index contributed by atoms with van der Waals surface area (Å²) in [4.78, 5) is 12.8. The lowest BCUT2D eigenvalue weighted by Crippen LogP contribution is -2.22. The lowest BCUT2D eigenvalue weighted by Gasteiger charge is -2.17. The van der Waals surface area contributed by atoms with E-state index in [0.29, 0.717) is 12.1 Å². The minimum Gasteiger partial charge on any atom is -0.409 e. The van der Waals surface area contributed by atoms with Gasteiger partial charge >= 0.3 is 0 Å². The van der Waals surface area contributed by atoms with E-state index in [1.165, 1.54) is 12.8 Å². The first kappa shape index (κ1) is 16.0. The second-order valence-electron chi connectivity index (χ2n) is 4.82. The molecule has 5 heteroatoms. The summed E-state index contributed by atoms with van der Waals surface area (Å²) in [6.45, 7) is 3.54. The molecule has 0 radical (unpaired) electrons. The van der Waals surface area contributed by atoms with E-state index in [4.69, 9.17) is 10.9 Å². The summed E-state index contributed by atoms with van der Waals surface area (Å²) in [6.07, 6.45) is 5.49. The molecule has 5 nitrogen and oxygen atoms in total. The normalized spacial score (nSPS) is 11.3. The number of amidine groups is 1. The number of rotatable bonds is 9. The van der Waals surface area contributed by atoms with Crippen LogP contribution in [-0.4, -0.2) is 28.9 Å². The zero-order valence-electron chi connectivity index (χ0n) is 12.0. The molecule has 0 spiro atoms. The molecule has 0 aliphatic rings. The first-order chi connectivity index (χ1) is 9.71. The van der Waals surface area contributed by atoms with Crippen LogP contribution in [0.4, 0.5) is 0 Å². The minimum atomic E-state index is 0.0864. The van der Waals surface area contributed by atoms with Gasteiger partial charge in [0.15, 0.2) is 5.84 Å². The van der Waals surface area contributed by atoms with Crippen molar-refractivity contribution < 1.29 is 10.0 Å². The molecule has 0 aliphatic carbocycles. The van der Waals surface area contributed by atoms with Gasteiger partial charge in [-0.25, -0.2) is 0 Å². The third-order valence-electron chi connectivity index (χ3n) is 3.19. The molecule has 0 saturated carbocycles. The molecule has 0 fully saturated rings. The highest BCUT2D eigenvalue weighted by Gasteiger charge is 2.04. The third kappa shape index (κ3) is 5.30. The average Bonchev–Trinajstić information content (AvgIpc) is 2.50. The van der Waals surface area contributed by atoms with Crippen LogP contribution >= 0.6 is 0 Å². The minimum absolute atomic E-state index is 0.0864. The zero-order valence-corrected chi connectivity index (χ0v) is 12.0. The van der Waals surface area contributed by atoms with Gasteiger partial charge in [-0.15, -0.1) is 0 Å². The highest BCUT2D eigenvalue weighted by Crippen LogP contribution is 2.08. The number of hydrogen-bond acceptors (Lipinski definition) is 3. The Morgan fingerprint density at radius 1 is 1.30 bits per heavy atom. The standard InChI is InChI=1S/C15H23N3O2/c1-2-3-4-5-10-18(12-19)11-13-6-8-14(9-7-13)15(16)17-20/h6-9,12,20H,2-5,10-11H2,1H3,(H2,16,17). The van der Waals surface area contributed by atoms with E-state index >= 15 is 0 Å². The third-order valence-corrected chi connectivity index (χ3v) is 3.19. The van der Waals surface area contributed by atoms with E-state index in [2.05, 4.69) is 12.1 Å². The Balaban J connectivity index is 2.51. The van der Waals surface area contributed by atoms with Crippen molar-refractivity contribution in [3.05, 3.63) is 35.4 Å². The van der Waals surface area contributed by atoms with Crippen LogP contribution < -0.4 is 5.73 Å². The molecule has 0 unspecified atom stereocenters. The van der Waals surface area contributed by atoms with E-state index in [9.17, 15) is 4.79 Å². The van der Waals surface area contributed by atoms with Crippen molar-refractivity contribution in [1.82, 2.24) is 4.90 Å². The number of carbonyl (C=O) groups excluding carboxylic acids is 1. The predicted octanol–water partition coefficient (Wildman–Crippen LogP) is 2.32. The predicted molar refractivity (Wildman–Crippen MR) is 79.6 cm³/mol. The Labute approximate surface area is 120 Å². The van der Waals surface area contributed by atoms with Gasteiger partial charge < -0.3 is 15.8 Å². The smallest absolute Gasteiger partial charge is 0.210 e. The summed E-state index contributed by atoms with van der Waals surface area (Å²) < 4.78 is 0. The number of nitrogens with two attached hydrogens (primary N) is 1. The number of nitrogens with zero attached hydrogens (tertiary/aromatic N) is 2. The maximum atomic E-state index is 11.0. The highest BCUT2D eigenvalue weighted by molar-refractivity contribution is 5.96. The van der Waals surface area contributed by atoms with Crippen molar-refractivity contribution in [1.29, 1.82) is 0 Å². The fourth-order valence-corrected chi connectivity index (χ4v) is 1.98. The number of benzene rings is 1. The molecule has 0 aliphatic heterocycles. The number of oxime groups is 1. The summed E-state index contributed by atoms with van der Waals surface area (Å²) >= 11 is 0. The molecule has 0 atom stereocenters. The molecule has 0 bridgehead atoms. The molecular formula is C15H23N3O2. The Hall–Kier alpha value is -2.04. The first-order valence-corrected chi connectivity index (χ1v) is 6.97. The Morgan fingerprint density at radius 3 is 2.55 bits per heavy atom. The van der Waals surface area contributed by atoms with Crippen molar-refractivity contribution in [2.45, 2.75) is 39.2 Å². The van der Waals surface area contributed by atoms with Crippen LogP contribution in [0.2, 0.25) is 0 Å². The van der Waals surface area contributed by atoms with E-state index < -0.39 is 0 Å². The zero-order chi connectivity index (χ0) is 14.8. The molecule has 0 aromatic heterocycles. The molecule has 0 saturated heterocycles. The van der Waals surface area contributed by atoms with E-state index in [1.807, 2.05) is 12.1 Å². The largest absolute Gasteiger partial charge is 0.409 e. The number of amides is 1.